The van der Waals surface area contributed by atoms with Crippen LogP contribution in [-0.2, 0) is 13.0 Å². The van der Waals surface area contributed by atoms with Crippen LogP contribution >= 0.6 is 0 Å². The van der Waals surface area contributed by atoms with E-state index in [1.165, 1.54) is 12.1 Å². The van der Waals surface area contributed by atoms with E-state index in [9.17, 15) is 27.2 Å². The molecule has 0 spiro atoms. The summed E-state index contributed by atoms with van der Waals surface area (Å²) in [5.74, 6) is -2.99. The van der Waals surface area contributed by atoms with Gasteiger partial charge in [-0.3, -0.25) is 9.59 Å². The molecule has 0 fully saturated rings. The normalized spacial score (nSPS) is 14.5. The second-order valence-corrected chi connectivity index (χ2v) is 8.50. The summed E-state index contributed by atoms with van der Waals surface area (Å²) in [6.45, 7) is -0.246. The number of alkyl halides is 3. The van der Waals surface area contributed by atoms with Crippen LogP contribution in [0.3, 0.4) is 0 Å². The highest BCUT2D eigenvalue weighted by atomic mass is 19.4. The molecule has 1 aliphatic rings. The molecule has 5 rings (SSSR count). The number of H-pyrrole nitrogens is 1. The van der Waals surface area contributed by atoms with Crippen LogP contribution in [0.4, 0.5) is 17.6 Å². The standard InChI is InChI=1S/C24H18F4N8O3/c25-16-5-1-12(7-20(16)39-24(26,27)28)10-29-22(37)18-9-19(31-11-30-18)23(38)32-17-6-3-13-8-14(2-4-15(13)17)21-33-35-36-34-21/h1-2,4-5,7-9,11,17H,3,6,10H2,(H,29,37)(H,32,38)(H,33,34,35,36)/t17-/m1/s1. The van der Waals surface area contributed by atoms with Gasteiger partial charge < -0.3 is 15.4 Å². The lowest BCUT2D eigenvalue weighted by Crippen LogP contribution is -2.29. The van der Waals surface area contributed by atoms with E-state index >= 15 is 0 Å². The zero-order valence-electron chi connectivity index (χ0n) is 19.8. The van der Waals surface area contributed by atoms with Crippen molar-refractivity contribution in [3.63, 3.8) is 0 Å². The van der Waals surface area contributed by atoms with E-state index in [4.69, 9.17) is 0 Å². The van der Waals surface area contributed by atoms with Gasteiger partial charge in [0.15, 0.2) is 11.6 Å². The molecule has 11 nitrogen and oxygen atoms in total. The average Bonchev–Trinajstić information content (AvgIpc) is 3.58. The van der Waals surface area contributed by atoms with Crippen LogP contribution in [0.25, 0.3) is 11.4 Å². The third-order valence-corrected chi connectivity index (χ3v) is 5.94. The van der Waals surface area contributed by atoms with Gasteiger partial charge >= 0.3 is 6.36 Å². The van der Waals surface area contributed by atoms with Crippen LogP contribution in [0.5, 0.6) is 5.75 Å². The van der Waals surface area contributed by atoms with Crippen molar-refractivity contribution in [2.45, 2.75) is 31.8 Å². The molecule has 3 N–H and O–H groups in total. The molecule has 2 amide bonds. The number of benzene rings is 2. The minimum Gasteiger partial charge on any atom is -0.403 e. The number of aromatic nitrogens is 6. The Labute approximate surface area is 217 Å². The Morgan fingerprint density at radius 2 is 1.85 bits per heavy atom. The van der Waals surface area contributed by atoms with Crippen molar-refractivity contribution in [2.75, 3.05) is 0 Å². The number of hydrogen-bond acceptors (Lipinski definition) is 8. The second-order valence-electron chi connectivity index (χ2n) is 8.50. The molecule has 2 aromatic carbocycles. The van der Waals surface area contributed by atoms with Crippen LogP contribution in [0.15, 0.2) is 48.8 Å². The molecule has 15 heteroatoms. The Morgan fingerprint density at radius 3 is 2.59 bits per heavy atom. The number of carbonyl (C=O) groups excluding carboxylic acids is 2. The highest BCUT2D eigenvalue weighted by Gasteiger charge is 2.32. The summed E-state index contributed by atoms with van der Waals surface area (Å²) in [7, 11) is 0. The van der Waals surface area contributed by atoms with Crippen molar-refractivity contribution in [3.8, 4) is 17.1 Å². The molecule has 2 heterocycles. The van der Waals surface area contributed by atoms with E-state index in [0.29, 0.717) is 12.2 Å². The van der Waals surface area contributed by atoms with Crippen molar-refractivity contribution in [2.24, 2.45) is 0 Å². The first-order valence-electron chi connectivity index (χ1n) is 11.5. The summed E-state index contributed by atoms with van der Waals surface area (Å²) in [6.07, 6.45) is -2.63. The Bertz CT molecular complexity index is 1530. The first-order valence-corrected chi connectivity index (χ1v) is 11.5. The quantitative estimate of drug-likeness (QED) is 0.302. The number of carbonyl (C=O) groups is 2. The lowest BCUT2D eigenvalue weighted by atomic mass is 10.0. The number of rotatable bonds is 7. The van der Waals surface area contributed by atoms with Gasteiger partial charge in [0.05, 0.1) is 6.04 Å². The Morgan fingerprint density at radius 1 is 1.05 bits per heavy atom. The van der Waals surface area contributed by atoms with Gasteiger partial charge in [0, 0.05) is 18.2 Å². The minimum absolute atomic E-state index is 0.0466. The number of ether oxygens (including phenoxy) is 1. The summed E-state index contributed by atoms with van der Waals surface area (Å²) >= 11 is 0. The van der Waals surface area contributed by atoms with Gasteiger partial charge in [-0.25, -0.2) is 14.4 Å². The highest BCUT2D eigenvalue weighted by molar-refractivity contribution is 5.97. The number of aromatic amines is 1. The van der Waals surface area contributed by atoms with Crippen molar-refractivity contribution in [1.29, 1.82) is 0 Å². The van der Waals surface area contributed by atoms with E-state index < -0.39 is 29.7 Å². The maximum Gasteiger partial charge on any atom is 0.573 e. The summed E-state index contributed by atoms with van der Waals surface area (Å²) in [6, 6.07) is 9.41. The number of tetrazole rings is 1. The van der Waals surface area contributed by atoms with Gasteiger partial charge in [-0.2, -0.15) is 5.21 Å². The Kier molecular flexibility index (Phi) is 6.87. The second kappa shape index (κ2) is 10.4. The molecule has 0 saturated carbocycles. The fourth-order valence-corrected chi connectivity index (χ4v) is 4.16. The molecule has 1 atom stereocenters. The smallest absolute Gasteiger partial charge is 0.403 e. The first-order chi connectivity index (χ1) is 18.7. The SMILES string of the molecule is O=C(NCc1ccc(F)c(OC(F)(F)F)c1)c1cc(C(=O)N[C@@H]2CCc3cc(-c4nn[nH]n4)ccc32)ncn1. The third kappa shape index (κ3) is 5.97. The van der Waals surface area contributed by atoms with Crippen LogP contribution in [0.1, 0.15) is 50.1 Å². The Hall–Kier alpha value is -4.95. The van der Waals surface area contributed by atoms with Crippen molar-refractivity contribution < 1.29 is 31.9 Å². The van der Waals surface area contributed by atoms with Crippen LogP contribution in [0.2, 0.25) is 0 Å². The maximum absolute atomic E-state index is 13.6. The van der Waals surface area contributed by atoms with Crippen molar-refractivity contribution >= 4 is 11.8 Å². The van der Waals surface area contributed by atoms with Gasteiger partial charge in [-0.15, -0.1) is 23.4 Å². The van der Waals surface area contributed by atoms with Gasteiger partial charge in [-0.1, -0.05) is 18.2 Å². The number of hydrogen-bond donors (Lipinski definition) is 3. The van der Waals surface area contributed by atoms with Gasteiger partial charge in [0.1, 0.15) is 17.7 Å². The van der Waals surface area contributed by atoms with Gasteiger partial charge in [0.25, 0.3) is 11.8 Å². The van der Waals surface area contributed by atoms with E-state index in [-0.39, 0.29) is 29.5 Å². The number of halogens is 4. The molecular formula is C24H18F4N8O3. The molecule has 2 aromatic heterocycles. The largest absolute Gasteiger partial charge is 0.573 e. The average molecular weight is 542 g/mol. The number of aryl methyl sites for hydroxylation is 1. The monoisotopic (exact) mass is 542 g/mol. The highest BCUT2D eigenvalue weighted by Crippen LogP contribution is 2.33. The summed E-state index contributed by atoms with van der Waals surface area (Å²) in [4.78, 5) is 33.3. The van der Waals surface area contributed by atoms with E-state index in [1.54, 1.807) is 0 Å². The fourth-order valence-electron chi connectivity index (χ4n) is 4.16. The minimum atomic E-state index is -5.07. The van der Waals surface area contributed by atoms with Gasteiger partial charge in [0.2, 0.25) is 5.82 Å². The van der Waals surface area contributed by atoms with E-state index in [0.717, 1.165) is 41.6 Å². The molecule has 4 aromatic rings. The fraction of sp³-hybridized carbons (Fsp3) is 0.208. The van der Waals surface area contributed by atoms with Crippen LogP contribution < -0.4 is 15.4 Å². The molecule has 0 aliphatic heterocycles. The Balaban J connectivity index is 1.22. The van der Waals surface area contributed by atoms with Gasteiger partial charge in [-0.05, 0) is 52.9 Å². The lowest BCUT2D eigenvalue weighted by molar-refractivity contribution is -0.275. The van der Waals surface area contributed by atoms with Crippen molar-refractivity contribution in [1.82, 2.24) is 41.2 Å². The zero-order valence-corrected chi connectivity index (χ0v) is 19.8. The number of fused-ring (bicyclic) bond motifs is 1. The number of nitrogens with zero attached hydrogens (tertiary/aromatic N) is 5. The molecule has 0 unspecified atom stereocenters. The molecule has 1 aliphatic carbocycles. The predicted octanol–water partition coefficient (Wildman–Crippen LogP) is 3.04. The zero-order chi connectivity index (χ0) is 27.6. The summed E-state index contributed by atoms with van der Waals surface area (Å²) < 4.78 is 54.6. The molecule has 0 saturated heterocycles. The third-order valence-electron chi connectivity index (χ3n) is 5.94. The molecule has 200 valence electrons. The molecule has 39 heavy (non-hydrogen) atoms. The van der Waals surface area contributed by atoms with Crippen LogP contribution in [0, 0.1) is 5.82 Å². The first kappa shape index (κ1) is 25.7. The molecule has 0 bridgehead atoms. The predicted molar refractivity (Wildman–Crippen MR) is 124 cm³/mol. The lowest BCUT2D eigenvalue weighted by Gasteiger charge is -2.14. The molecule has 0 radical (unpaired) electrons. The maximum atomic E-state index is 13.6. The van der Waals surface area contributed by atoms with E-state index in [2.05, 4.69) is 46.0 Å². The number of amides is 2. The topological polar surface area (TPSA) is 148 Å². The summed E-state index contributed by atoms with van der Waals surface area (Å²) in [5, 5.41) is 19.3. The van der Waals surface area contributed by atoms with E-state index in [1.807, 2.05) is 18.2 Å². The van der Waals surface area contributed by atoms with Crippen LogP contribution in [-0.4, -0.2) is 48.8 Å². The van der Waals surface area contributed by atoms with Crippen molar-refractivity contribution in [3.05, 3.63) is 82.7 Å². The molecular weight excluding hydrogens is 524 g/mol. The number of nitrogens with one attached hydrogen (secondary N) is 3. The summed E-state index contributed by atoms with van der Waals surface area (Å²) in [5.41, 5.74) is 2.74.